The molecule has 8 nitrogen and oxygen atoms in total. The number of aromatic amines is 1. The molecular weight excluding hydrogens is 270 g/mol. The molecular formula is C10H13N5O3S. The summed E-state index contributed by atoms with van der Waals surface area (Å²) in [5.41, 5.74) is 2.45. The monoisotopic (exact) mass is 283 g/mol. The van der Waals surface area contributed by atoms with E-state index in [-0.39, 0.29) is 11.4 Å². The van der Waals surface area contributed by atoms with Crippen LogP contribution in [0.4, 0.5) is 0 Å². The Bertz CT molecular complexity index is 629. The highest BCUT2D eigenvalue weighted by Gasteiger charge is 2.15. The molecule has 2 aromatic rings. The van der Waals surface area contributed by atoms with E-state index in [4.69, 9.17) is 10.3 Å². The summed E-state index contributed by atoms with van der Waals surface area (Å²) >= 11 is 1.33. The average molecular weight is 283 g/mol. The standard InChI is InChI=1S/C10H13N5O3S/c1-2-15-9(17)13-14-10(15)19-5-6-3-4-18-7(6)8(16)12-11/h3-4H,2,5,11H2,1H3,(H,12,16)(H,13,17). The highest BCUT2D eigenvalue weighted by Crippen LogP contribution is 2.22. The Hall–Kier alpha value is -2.00. The van der Waals surface area contributed by atoms with E-state index in [9.17, 15) is 9.59 Å². The van der Waals surface area contributed by atoms with Crippen LogP contribution < -0.4 is 17.0 Å². The second kappa shape index (κ2) is 5.76. The van der Waals surface area contributed by atoms with Crippen molar-refractivity contribution in [3.63, 3.8) is 0 Å². The van der Waals surface area contributed by atoms with Crippen LogP contribution in [-0.2, 0) is 12.3 Å². The third-order valence-electron chi connectivity index (χ3n) is 2.48. The minimum absolute atomic E-state index is 0.163. The van der Waals surface area contributed by atoms with Gasteiger partial charge < -0.3 is 4.42 Å². The molecule has 0 atom stereocenters. The Labute approximate surface area is 112 Å². The summed E-state index contributed by atoms with van der Waals surface area (Å²) in [4.78, 5) is 22.8. The van der Waals surface area contributed by atoms with Crippen molar-refractivity contribution in [1.82, 2.24) is 20.2 Å². The van der Waals surface area contributed by atoms with Crippen LogP contribution in [0.1, 0.15) is 23.0 Å². The fourth-order valence-corrected chi connectivity index (χ4v) is 2.54. The number of amides is 1. The number of carbonyl (C=O) groups is 1. The lowest BCUT2D eigenvalue weighted by molar-refractivity contribution is 0.0925. The second-order valence-electron chi connectivity index (χ2n) is 3.59. The van der Waals surface area contributed by atoms with Crippen molar-refractivity contribution in [3.8, 4) is 0 Å². The number of hydrogen-bond acceptors (Lipinski definition) is 6. The average Bonchev–Trinajstić information content (AvgIpc) is 3.01. The SMILES string of the molecule is CCn1c(SCc2ccoc2C(=O)NN)n[nH]c1=O. The van der Waals surface area contributed by atoms with Crippen molar-refractivity contribution in [1.29, 1.82) is 0 Å². The fourth-order valence-electron chi connectivity index (χ4n) is 1.55. The first-order valence-electron chi connectivity index (χ1n) is 5.52. The molecule has 0 bridgehead atoms. The largest absolute Gasteiger partial charge is 0.459 e. The van der Waals surface area contributed by atoms with Crippen LogP contribution in [0.2, 0.25) is 0 Å². The zero-order chi connectivity index (χ0) is 13.8. The number of carbonyl (C=O) groups excluding carboxylic acids is 1. The topological polar surface area (TPSA) is 119 Å². The van der Waals surface area contributed by atoms with Crippen LogP contribution in [-0.4, -0.2) is 20.7 Å². The Morgan fingerprint density at radius 2 is 2.47 bits per heavy atom. The van der Waals surface area contributed by atoms with Crippen LogP contribution in [0.25, 0.3) is 0 Å². The van der Waals surface area contributed by atoms with Gasteiger partial charge in [0.05, 0.1) is 6.26 Å². The van der Waals surface area contributed by atoms with Gasteiger partial charge in [0.2, 0.25) is 0 Å². The number of H-pyrrole nitrogens is 1. The predicted molar refractivity (Wildman–Crippen MR) is 68.4 cm³/mol. The van der Waals surface area contributed by atoms with Crippen molar-refractivity contribution in [2.24, 2.45) is 5.84 Å². The summed E-state index contributed by atoms with van der Waals surface area (Å²) in [7, 11) is 0. The zero-order valence-electron chi connectivity index (χ0n) is 10.2. The molecule has 9 heteroatoms. The Morgan fingerprint density at radius 1 is 1.68 bits per heavy atom. The molecule has 0 unspecified atom stereocenters. The first-order valence-corrected chi connectivity index (χ1v) is 6.51. The zero-order valence-corrected chi connectivity index (χ0v) is 11.0. The number of hydrogen-bond donors (Lipinski definition) is 3. The lowest BCUT2D eigenvalue weighted by atomic mass is 10.3. The summed E-state index contributed by atoms with van der Waals surface area (Å²) in [5.74, 6) is 5.18. The molecule has 2 rings (SSSR count). The van der Waals surface area contributed by atoms with Crippen LogP contribution in [0, 0.1) is 0 Å². The van der Waals surface area contributed by atoms with E-state index in [2.05, 4.69) is 10.2 Å². The smallest absolute Gasteiger partial charge is 0.343 e. The molecule has 2 aromatic heterocycles. The molecule has 102 valence electrons. The lowest BCUT2D eigenvalue weighted by Crippen LogP contribution is -2.30. The fraction of sp³-hybridized carbons (Fsp3) is 0.300. The highest BCUT2D eigenvalue weighted by molar-refractivity contribution is 7.98. The summed E-state index contributed by atoms with van der Waals surface area (Å²) in [6, 6.07) is 1.68. The van der Waals surface area contributed by atoms with Gasteiger partial charge in [0.25, 0.3) is 0 Å². The predicted octanol–water partition coefficient (Wildman–Crippen LogP) is 0.0801. The van der Waals surface area contributed by atoms with Gasteiger partial charge in [0.15, 0.2) is 10.9 Å². The number of hydrazine groups is 1. The van der Waals surface area contributed by atoms with Crippen molar-refractivity contribution in [2.45, 2.75) is 24.4 Å². The summed E-state index contributed by atoms with van der Waals surface area (Å²) in [6.45, 7) is 2.38. The number of nitrogens with one attached hydrogen (secondary N) is 2. The van der Waals surface area contributed by atoms with Gasteiger partial charge in [-0.1, -0.05) is 11.8 Å². The van der Waals surface area contributed by atoms with Gasteiger partial charge in [-0.25, -0.2) is 15.7 Å². The van der Waals surface area contributed by atoms with Gasteiger partial charge >= 0.3 is 11.6 Å². The van der Waals surface area contributed by atoms with Gasteiger partial charge in [-0.3, -0.25) is 14.8 Å². The molecule has 0 aromatic carbocycles. The van der Waals surface area contributed by atoms with Crippen molar-refractivity contribution in [2.75, 3.05) is 0 Å². The molecule has 0 aliphatic heterocycles. The molecule has 0 radical (unpaired) electrons. The first kappa shape index (κ1) is 13.4. The number of nitrogens with two attached hydrogens (primary N) is 1. The van der Waals surface area contributed by atoms with Crippen molar-refractivity contribution >= 4 is 17.7 Å². The number of nitrogens with zero attached hydrogens (tertiary/aromatic N) is 2. The van der Waals surface area contributed by atoms with Gasteiger partial charge in [-0.15, -0.1) is 5.10 Å². The molecule has 4 N–H and O–H groups in total. The Balaban J connectivity index is 2.13. The molecule has 19 heavy (non-hydrogen) atoms. The van der Waals surface area contributed by atoms with E-state index in [0.29, 0.717) is 23.0 Å². The molecule has 1 amide bonds. The molecule has 0 saturated heterocycles. The van der Waals surface area contributed by atoms with Crippen molar-refractivity contribution < 1.29 is 9.21 Å². The molecule has 0 aliphatic rings. The molecule has 0 saturated carbocycles. The maximum Gasteiger partial charge on any atom is 0.343 e. The number of nitrogen functional groups attached to an aromatic ring is 1. The molecule has 0 spiro atoms. The van der Waals surface area contributed by atoms with Crippen LogP contribution in [0.3, 0.4) is 0 Å². The third-order valence-corrected chi connectivity index (χ3v) is 3.51. The third kappa shape index (κ3) is 2.71. The molecule has 2 heterocycles. The number of thioether (sulfide) groups is 1. The number of rotatable bonds is 5. The number of furan rings is 1. The first-order chi connectivity index (χ1) is 9.17. The quantitative estimate of drug-likeness (QED) is 0.309. The second-order valence-corrected chi connectivity index (χ2v) is 4.54. The normalized spacial score (nSPS) is 10.6. The summed E-state index contributed by atoms with van der Waals surface area (Å²) in [6.07, 6.45) is 1.41. The molecule has 0 fully saturated rings. The van der Waals surface area contributed by atoms with Gasteiger partial charge in [-0.2, -0.15) is 0 Å². The van der Waals surface area contributed by atoms with E-state index >= 15 is 0 Å². The van der Waals surface area contributed by atoms with E-state index in [1.54, 1.807) is 6.07 Å². The maximum absolute atomic E-state index is 11.4. The van der Waals surface area contributed by atoms with Gasteiger partial charge in [0, 0.05) is 17.9 Å². The van der Waals surface area contributed by atoms with Crippen LogP contribution >= 0.6 is 11.8 Å². The molecule has 0 aliphatic carbocycles. The lowest BCUT2D eigenvalue weighted by Gasteiger charge is -2.02. The minimum Gasteiger partial charge on any atom is -0.459 e. The van der Waals surface area contributed by atoms with E-state index < -0.39 is 5.91 Å². The van der Waals surface area contributed by atoms with E-state index in [1.165, 1.54) is 22.6 Å². The van der Waals surface area contributed by atoms with E-state index in [0.717, 1.165) is 0 Å². The van der Waals surface area contributed by atoms with Crippen LogP contribution in [0.5, 0.6) is 0 Å². The van der Waals surface area contributed by atoms with Gasteiger partial charge in [0.1, 0.15) is 0 Å². The summed E-state index contributed by atoms with van der Waals surface area (Å²) in [5, 5.41) is 6.86. The Kier molecular flexibility index (Phi) is 4.07. The minimum atomic E-state index is -0.490. The van der Waals surface area contributed by atoms with E-state index in [1.807, 2.05) is 12.3 Å². The van der Waals surface area contributed by atoms with Crippen LogP contribution in [0.15, 0.2) is 26.7 Å². The summed E-state index contributed by atoms with van der Waals surface area (Å²) < 4.78 is 6.57. The maximum atomic E-state index is 11.4. The number of aromatic nitrogens is 3. The van der Waals surface area contributed by atoms with Gasteiger partial charge in [-0.05, 0) is 13.0 Å². The van der Waals surface area contributed by atoms with Crippen molar-refractivity contribution in [3.05, 3.63) is 34.1 Å². The highest BCUT2D eigenvalue weighted by atomic mass is 32.2. The Morgan fingerprint density at radius 3 is 3.16 bits per heavy atom.